The largest absolute Gasteiger partial charge is 0.465 e. The number of ether oxygens (including phenoxy) is 3. The Morgan fingerprint density at radius 1 is 0.932 bits per heavy atom. The van der Waals surface area contributed by atoms with Crippen LogP contribution in [0.15, 0.2) is 72.9 Å². The standard InChI is InChI=1S/C34H39N5O5/c1-34(2,3)44-33(41)37-29-10-11-30(28-9-7-6-8-27(28)29)43-26-12-13-35-31(21-26)36-25-19-23(18-24(20-25)32(40)42-5)22-39-16-14-38(4)15-17-39/h6-13,18-21H,14-17,22H2,1-5H3,(H,35,36)(H,37,41). The maximum absolute atomic E-state index is 12.5. The van der Waals surface area contributed by atoms with Gasteiger partial charge in [-0.15, -0.1) is 0 Å². The number of hydrogen-bond donors (Lipinski definition) is 2. The van der Waals surface area contributed by atoms with Crippen LogP contribution in [-0.2, 0) is 16.0 Å². The molecule has 1 aliphatic rings. The number of nitrogens with zero attached hydrogens (tertiary/aromatic N) is 3. The molecular weight excluding hydrogens is 558 g/mol. The van der Waals surface area contributed by atoms with E-state index in [0.29, 0.717) is 28.6 Å². The fraction of sp³-hybridized carbons (Fsp3) is 0.324. The Hall–Kier alpha value is -4.67. The Morgan fingerprint density at radius 2 is 1.68 bits per heavy atom. The van der Waals surface area contributed by atoms with Crippen LogP contribution in [0.3, 0.4) is 0 Å². The summed E-state index contributed by atoms with van der Waals surface area (Å²) in [6.07, 6.45) is 1.14. The Balaban J connectivity index is 1.35. The maximum atomic E-state index is 12.5. The van der Waals surface area contributed by atoms with E-state index >= 15 is 0 Å². The number of carbonyl (C=O) groups is 2. The molecule has 3 aromatic carbocycles. The number of nitrogens with one attached hydrogen (secondary N) is 2. The van der Waals surface area contributed by atoms with Crippen molar-refractivity contribution in [2.75, 3.05) is 51.0 Å². The van der Waals surface area contributed by atoms with Gasteiger partial charge in [0.15, 0.2) is 0 Å². The van der Waals surface area contributed by atoms with E-state index in [4.69, 9.17) is 14.2 Å². The Labute approximate surface area is 257 Å². The van der Waals surface area contributed by atoms with Gasteiger partial charge in [-0.05, 0) is 69.8 Å². The molecule has 0 radical (unpaired) electrons. The topological polar surface area (TPSA) is 105 Å². The van der Waals surface area contributed by atoms with Crippen LogP contribution in [0.2, 0.25) is 0 Å². The molecule has 0 bridgehead atoms. The molecule has 1 saturated heterocycles. The van der Waals surface area contributed by atoms with Gasteiger partial charge in [0.2, 0.25) is 0 Å². The summed E-state index contributed by atoms with van der Waals surface area (Å²) in [4.78, 5) is 34.1. The van der Waals surface area contributed by atoms with Crippen molar-refractivity contribution < 1.29 is 23.8 Å². The minimum absolute atomic E-state index is 0.394. The summed E-state index contributed by atoms with van der Waals surface area (Å²) in [5, 5.41) is 7.82. The second-order valence-electron chi connectivity index (χ2n) is 11.9. The molecule has 0 aliphatic carbocycles. The van der Waals surface area contributed by atoms with E-state index in [1.54, 1.807) is 30.5 Å². The van der Waals surface area contributed by atoms with E-state index in [-0.39, 0.29) is 0 Å². The Morgan fingerprint density at radius 3 is 2.41 bits per heavy atom. The van der Waals surface area contributed by atoms with Crippen LogP contribution in [0.5, 0.6) is 11.5 Å². The van der Waals surface area contributed by atoms with Crippen LogP contribution >= 0.6 is 0 Å². The number of hydrogen-bond acceptors (Lipinski definition) is 9. The lowest BCUT2D eigenvalue weighted by Gasteiger charge is -2.32. The number of methoxy groups -OCH3 is 1. The van der Waals surface area contributed by atoms with Gasteiger partial charge in [-0.1, -0.05) is 24.3 Å². The number of amides is 1. The fourth-order valence-corrected chi connectivity index (χ4v) is 5.06. The van der Waals surface area contributed by atoms with Gasteiger partial charge in [-0.2, -0.15) is 0 Å². The molecule has 44 heavy (non-hydrogen) atoms. The zero-order valence-electron chi connectivity index (χ0n) is 25.8. The number of benzene rings is 3. The molecule has 2 N–H and O–H groups in total. The van der Waals surface area contributed by atoms with Gasteiger partial charge < -0.3 is 24.4 Å². The van der Waals surface area contributed by atoms with E-state index in [1.165, 1.54) is 7.11 Å². The maximum Gasteiger partial charge on any atom is 0.412 e. The van der Waals surface area contributed by atoms with E-state index in [2.05, 4.69) is 32.5 Å². The molecule has 1 amide bonds. The van der Waals surface area contributed by atoms with Gasteiger partial charge in [0, 0.05) is 61.4 Å². The zero-order chi connectivity index (χ0) is 31.3. The van der Waals surface area contributed by atoms with Gasteiger partial charge in [0.25, 0.3) is 0 Å². The minimum Gasteiger partial charge on any atom is -0.465 e. The molecule has 2 heterocycles. The first-order chi connectivity index (χ1) is 21.1. The van der Waals surface area contributed by atoms with Crippen LogP contribution in [0.25, 0.3) is 10.8 Å². The number of anilines is 3. The van der Waals surface area contributed by atoms with Gasteiger partial charge in [0.1, 0.15) is 22.9 Å². The van der Waals surface area contributed by atoms with Crippen LogP contribution < -0.4 is 15.4 Å². The highest BCUT2D eigenvalue weighted by atomic mass is 16.6. The van der Waals surface area contributed by atoms with Gasteiger partial charge in [-0.3, -0.25) is 10.2 Å². The summed E-state index contributed by atoms with van der Waals surface area (Å²) in [6.45, 7) is 10.2. The van der Waals surface area contributed by atoms with Crippen LogP contribution in [0.1, 0.15) is 36.7 Å². The molecule has 0 spiro atoms. The average Bonchev–Trinajstić information content (AvgIpc) is 2.98. The number of aromatic nitrogens is 1. The smallest absolute Gasteiger partial charge is 0.412 e. The Kier molecular flexibility index (Phi) is 9.32. The third kappa shape index (κ3) is 8.03. The third-order valence-electron chi connectivity index (χ3n) is 7.17. The lowest BCUT2D eigenvalue weighted by molar-refractivity contribution is 0.0598. The summed E-state index contributed by atoms with van der Waals surface area (Å²) < 4.78 is 16.8. The van der Waals surface area contributed by atoms with Crippen molar-refractivity contribution in [3.63, 3.8) is 0 Å². The summed E-state index contributed by atoms with van der Waals surface area (Å²) in [6, 6.07) is 20.5. The number of likely N-dealkylation sites (N-methyl/N-ethyl adjacent to an activating group) is 1. The predicted molar refractivity (Wildman–Crippen MR) is 172 cm³/mol. The number of rotatable bonds is 8. The molecule has 10 nitrogen and oxygen atoms in total. The lowest BCUT2D eigenvalue weighted by atomic mass is 10.1. The third-order valence-corrected chi connectivity index (χ3v) is 7.17. The van der Waals surface area contributed by atoms with Crippen molar-refractivity contribution in [2.45, 2.75) is 32.9 Å². The lowest BCUT2D eigenvalue weighted by Crippen LogP contribution is -2.43. The van der Waals surface area contributed by atoms with Crippen LogP contribution in [-0.4, -0.2) is 72.8 Å². The molecular formula is C34H39N5O5. The van der Waals surface area contributed by atoms with Crippen molar-refractivity contribution in [1.82, 2.24) is 14.8 Å². The van der Waals surface area contributed by atoms with Crippen molar-refractivity contribution in [2.24, 2.45) is 0 Å². The molecule has 4 aromatic rings. The van der Waals surface area contributed by atoms with Gasteiger partial charge in [0.05, 0.1) is 18.4 Å². The molecule has 0 saturated carbocycles. The molecule has 1 fully saturated rings. The molecule has 1 aliphatic heterocycles. The number of fused-ring (bicyclic) bond motifs is 1. The van der Waals surface area contributed by atoms with E-state index < -0.39 is 17.7 Å². The molecule has 230 valence electrons. The second kappa shape index (κ2) is 13.3. The SMILES string of the molecule is COC(=O)c1cc(CN2CCN(C)CC2)cc(Nc2cc(Oc3ccc(NC(=O)OC(C)(C)C)c4ccccc34)ccn2)c1. The minimum atomic E-state index is -0.608. The van der Waals surface area contributed by atoms with Crippen LogP contribution in [0, 0.1) is 0 Å². The first-order valence-corrected chi connectivity index (χ1v) is 14.6. The van der Waals surface area contributed by atoms with Crippen molar-refractivity contribution in [3.8, 4) is 11.5 Å². The highest BCUT2D eigenvalue weighted by Gasteiger charge is 2.19. The molecule has 10 heteroatoms. The molecule has 1 aromatic heterocycles. The fourth-order valence-electron chi connectivity index (χ4n) is 5.06. The second-order valence-corrected chi connectivity index (χ2v) is 11.9. The number of carbonyl (C=O) groups excluding carboxylic acids is 2. The Bertz CT molecular complexity index is 1640. The highest BCUT2D eigenvalue weighted by Crippen LogP contribution is 2.35. The van der Waals surface area contributed by atoms with E-state index in [1.807, 2.05) is 63.2 Å². The van der Waals surface area contributed by atoms with Gasteiger partial charge in [-0.25, -0.2) is 14.6 Å². The van der Waals surface area contributed by atoms with Crippen molar-refractivity contribution in [1.29, 1.82) is 0 Å². The van der Waals surface area contributed by atoms with Crippen molar-refractivity contribution in [3.05, 3.63) is 84.1 Å². The normalized spacial score (nSPS) is 14.2. The monoisotopic (exact) mass is 597 g/mol. The molecule has 0 atom stereocenters. The first-order valence-electron chi connectivity index (χ1n) is 14.6. The number of pyridine rings is 1. The summed E-state index contributed by atoms with van der Waals surface area (Å²) in [5.74, 6) is 1.36. The number of esters is 1. The highest BCUT2D eigenvalue weighted by molar-refractivity contribution is 6.03. The quantitative estimate of drug-likeness (QED) is 0.216. The van der Waals surface area contributed by atoms with E-state index in [9.17, 15) is 9.59 Å². The molecule has 5 rings (SSSR count). The summed E-state index contributed by atoms with van der Waals surface area (Å²) in [7, 11) is 3.51. The molecule has 0 unspecified atom stereocenters. The van der Waals surface area contributed by atoms with Gasteiger partial charge >= 0.3 is 12.1 Å². The summed E-state index contributed by atoms with van der Waals surface area (Å²) in [5.41, 5.74) is 2.23. The predicted octanol–water partition coefficient (Wildman–Crippen LogP) is 6.65. The number of piperazine rings is 1. The first kappa shape index (κ1) is 30.8. The van der Waals surface area contributed by atoms with E-state index in [0.717, 1.165) is 54.7 Å². The van der Waals surface area contributed by atoms with Crippen molar-refractivity contribution >= 4 is 40.0 Å². The average molecular weight is 598 g/mol. The summed E-state index contributed by atoms with van der Waals surface area (Å²) >= 11 is 0. The zero-order valence-corrected chi connectivity index (χ0v) is 25.8. The van der Waals surface area contributed by atoms with Crippen LogP contribution in [0.4, 0.5) is 22.0 Å².